The second kappa shape index (κ2) is 9.03. The molecule has 1 rings (SSSR count). The molecule has 0 aliphatic carbocycles. The summed E-state index contributed by atoms with van der Waals surface area (Å²) in [5, 5.41) is 0. The van der Waals surface area contributed by atoms with Crippen LogP contribution in [0, 0.1) is 12.8 Å². The fourth-order valence-electron chi connectivity index (χ4n) is 2.35. The molecule has 130 valence electrons. The molecule has 1 atom stereocenters. The van der Waals surface area contributed by atoms with Crippen LogP contribution in [-0.4, -0.2) is 28.0 Å². The van der Waals surface area contributed by atoms with E-state index in [1.54, 1.807) is 13.0 Å². The van der Waals surface area contributed by atoms with E-state index in [1.807, 2.05) is 0 Å². The maximum atomic E-state index is 12.4. The lowest BCUT2D eigenvalue weighted by molar-refractivity contribution is 0.0599. The third-order valence-corrected chi connectivity index (χ3v) is 5.45. The highest BCUT2D eigenvalue weighted by Crippen LogP contribution is 2.18. The van der Waals surface area contributed by atoms with Crippen LogP contribution >= 0.6 is 0 Å². The Morgan fingerprint density at radius 1 is 1.30 bits per heavy atom. The van der Waals surface area contributed by atoms with Crippen molar-refractivity contribution in [2.75, 3.05) is 13.7 Å². The second-order valence-electron chi connectivity index (χ2n) is 5.74. The van der Waals surface area contributed by atoms with E-state index in [9.17, 15) is 13.2 Å². The Balaban J connectivity index is 2.89. The van der Waals surface area contributed by atoms with Crippen molar-refractivity contribution in [3.63, 3.8) is 0 Å². The molecule has 0 saturated heterocycles. The van der Waals surface area contributed by atoms with Crippen LogP contribution in [0.15, 0.2) is 23.1 Å². The van der Waals surface area contributed by atoms with E-state index in [-0.39, 0.29) is 10.5 Å². The predicted octanol–water partition coefficient (Wildman–Crippen LogP) is 3.28. The van der Waals surface area contributed by atoms with Crippen LogP contribution in [0.3, 0.4) is 0 Å². The number of methoxy groups -OCH3 is 1. The first-order valence-electron chi connectivity index (χ1n) is 8.04. The SMILES string of the molecule is CCCC[C@H](CC)CNS(=O)(=O)c1ccc(C)c(C(=O)OC)c1. The van der Waals surface area contributed by atoms with Crippen LogP contribution in [0.4, 0.5) is 0 Å². The number of carbonyl (C=O) groups excluding carboxylic acids is 1. The molecule has 0 aromatic heterocycles. The molecule has 0 aliphatic rings. The average Bonchev–Trinajstić information content (AvgIpc) is 2.54. The summed E-state index contributed by atoms with van der Waals surface area (Å²) in [4.78, 5) is 11.8. The van der Waals surface area contributed by atoms with Gasteiger partial charge in [-0.1, -0.05) is 39.2 Å². The van der Waals surface area contributed by atoms with Crippen molar-refractivity contribution in [3.8, 4) is 0 Å². The van der Waals surface area contributed by atoms with Gasteiger partial charge in [-0.2, -0.15) is 0 Å². The van der Waals surface area contributed by atoms with E-state index in [0.717, 1.165) is 25.7 Å². The van der Waals surface area contributed by atoms with Gasteiger partial charge in [-0.15, -0.1) is 0 Å². The quantitative estimate of drug-likeness (QED) is 0.700. The van der Waals surface area contributed by atoms with Crippen LogP contribution in [0.1, 0.15) is 55.5 Å². The van der Waals surface area contributed by atoms with Gasteiger partial charge in [0.05, 0.1) is 17.6 Å². The van der Waals surface area contributed by atoms with E-state index < -0.39 is 16.0 Å². The number of sulfonamides is 1. The summed E-state index contributed by atoms with van der Waals surface area (Å²) >= 11 is 0. The molecule has 6 heteroatoms. The molecule has 1 aromatic carbocycles. The molecule has 0 amide bonds. The molecule has 1 N–H and O–H groups in total. The van der Waals surface area contributed by atoms with Crippen molar-refractivity contribution in [2.24, 2.45) is 5.92 Å². The van der Waals surface area contributed by atoms with Gasteiger partial charge in [0.2, 0.25) is 10.0 Å². The van der Waals surface area contributed by atoms with Crippen molar-refractivity contribution in [2.45, 2.75) is 51.3 Å². The third-order valence-electron chi connectivity index (χ3n) is 4.03. The Kier molecular flexibility index (Phi) is 7.72. The molecule has 5 nitrogen and oxygen atoms in total. The highest BCUT2D eigenvalue weighted by Gasteiger charge is 2.19. The standard InChI is InChI=1S/C17H27NO4S/c1-5-7-8-14(6-2)12-18-23(20,21)15-10-9-13(3)16(11-15)17(19)22-4/h9-11,14,18H,5-8,12H2,1-4H3/t14-/m0/s1. The Bertz CT molecular complexity index is 625. The molecular formula is C17H27NO4S. The van der Waals surface area contributed by atoms with E-state index in [4.69, 9.17) is 4.74 Å². The van der Waals surface area contributed by atoms with Crippen molar-refractivity contribution in [1.82, 2.24) is 4.72 Å². The number of rotatable bonds is 9. The van der Waals surface area contributed by atoms with Crippen LogP contribution in [0.2, 0.25) is 0 Å². The number of benzene rings is 1. The second-order valence-corrected chi connectivity index (χ2v) is 7.50. The van der Waals surface area contributed by atoms with Crippen molar-refractivity contribution in [1.29, 1.82) is 0 Å². The lowest BCUT2D eigenvalue weighted by Gasteiger charge is -2.16. The maximum absolute atomic E-state index is 12.4. The Hall–Kier alpha value is -1.40. The third kappa shape index (κ3) is 5.62. The first kappa shape index (κ1) is 19.6. The lowest BCUT2D eigenvalue weighted by atomic mass is 10.00. The molecular weight excluding hydrogens is 314 g/mol. The zero-order valence-corrected chi connectivity index (χ0v) is 15.2. The van der Waals surface area contributed by atoms with Gasteiger partial charge in [-0.3, -0.25) is 0 Å². The highest BCUT2D eigenvalue weighted by atomic mass is 32.2. The number of carbonyl (C=O) groups is 1. The summed E-state index contributed by atoms with van der Waals surface area (Å²) in [6.07, 6.45) is 4.14. The Labute approximate surface area is 139 Å². The average molecular weight is 341 g/mol. The molecule has 0 heterocycles. The molecule has 0 bridgehead atoms. The number of ether oxygens (including phenoxy) is 1. The summed E-state index contributed by atoms with van der Waals surface area (Å²) in [6, 6.07) is 4.50. The first-order chi connectivity index (χ1) is 10.9. The molecule has 0 fully saturated rings. The molecule has 0 unspecified atom stereocenters. The molecule has 0 aliphatic heterocycles. The maximum Gasteiger partial charge on any atom is 0.338 e. The van der Waals surface area contributed by atoms with Gasteiger partial charge < -0.3 is 4.74 Å². The monoisotopic (exact) mass is 341 g/mol. The first-order valence-corrected chi connectivity index (χ1v) is 9.52. The van der Waals surface area contributed by atoms with Crippen LogP contribution in [0.25, 0.3) is 0 Å². The van der Waals surface area contributed by atoms with Gasteiger partial charge in [0.25, 0.3) is 0 Å². The van der Waals surface area contributed by atoms with Crippen LogP contribution in [-0.2, 0) is 14.8 Å². The van der Waals surface area contributed by atoms with Crippen LogP contribution < -0.4 is 4.72 Å². The van der Waals surface area contributed by atoms with Crippen LogP contribution in [0.5, 0.6) is 0 Å². The minimum atomic E-state index is -3.63. The zero-order chi connectivity index (χ0) is 17.5. The summed E-state index contributed by atoms with van der Waals surface area (Å²) in [5.41, 5.74) is 0.957. The molecule has 0 saturated carbocycles. The van der Waals surface area contributed by atoms with Gasteiger partial charge in [-0.25, -0.2) is 17.9 Å². The van der Waals surface area contributed by atoms with Crippen molar-refractivity contribution >= 4 is 16.0 Å². The fraction of sp³-hybridized carbons (Fsp3) is 0.588. The number of aryl methyl sites for hydroxylation is 1. The molecule has 1 aromatic rings. The van der Waals surface area contributed by atoms with Crippen molar-refractivity contribution in [3.05, 3.63) is 29.3 Å². The Morgan fingerprint density at radius 2 is 2.00 bits per heavy atom. The highest BCUT2D eigenvalue weighted by molar-refractivity contribution is 7.89. The summed E-state index contributed by atoms with van der Waals surface area (Å²) < 4.78 is 32.2. The molecule has 23 heavy (non-hydrogen) atoms. The van der Waals surface area contributed by atoms with E-state index in [0.29, 0.717) is 18.0 Å². The van der Waals surface area contributed by atoms with Gasteiger partial charge in [0.15, 0.2) is 0 Å². The topological polar surface area (TPSA) is 72.5 Å². The normalized spacial score (nSPS) is 12.9. The minimum absolute atomic E-state index is 0.0915. The molecule has 0 spiro atoms. The van der Waals surface area contributed by atoms with Gasteiger partial charge in [0, 0.05) is 6.54 Å². The van der Waals surface area contributed by atoms with Gasteiger partial charge in [-0.05, 0) is 37.0 Å². The molecule has 0 radical (unpaired) electrons. The summed E-state index contributed by atoms with van der Waals surface area (Å²) in [5.74, 6) is -0.204. The van der Waals surface area contributed by atoms with E-state index in [2.05, 4.69) is 18.6 Å². The number of unbranched alkanes of at least 4 members (excludes halogenated alkanes) is 1. The number of nitrogens with one attached hydrogen (secondary N) is 1. The number of esters is 1. The Morgan fingerprint density at radius 3 is 2.57 bits per heavy atom. The van der Waals surface area contributed by atoms with E-state index >= 15 is 0 Å². The van der Waals surface area contributed by atoms with Gasteiger partial charge >= 0.3 is 5.97 Å². The zero-order valence-electron chi connectivity index (χ0n) is 14.4. The van der Waals surface area contributed by atoms with Gasteiger partial charge in [0.1, 0.15) is 0 Å². The number of hydrogen-bond donors (Lipinski definition) is 1. The smallest absolute Gasteiger partial charge is 0.338 e. The summed E-state index contributed by atoms with van der Waals surface area (Å²) in [6.45, 7) is 6.35. The van der Waals surface area contributed by atoms with Crippen molar-refractivity contribution < 1.29 is 17.9 Å². The minimum Gasteiger partial charge on any atom is -0.465 e. The predicted molar refractivity (Wildman–Crippen MR) is 91.0 cm³/mol. The fourth-order valence-corrected chi connectivity index (χ4v) is 3.49. The van der Waals surface area contributed by atoms with E-state index in [1.165, 1.54) is 19.2 Å². The largest absolute Gasteiger partial charge is 0.465 e. The lowest BCUT2D eigenvalue weighted by Crippen LogP contribution is -2.29. The summed E-state index contributed by atoms with van der Waals surface area (Å²) in [7, 11) is -2.35. The number of hydrogen-bond acceptors (Lipinski definition) is 4.